The Morgan fingerprint density at radius 3 is 2.08 bits per heavy atom. The third kappa shape index (κ3) is 2.04. The molecule has 0 radical (unpaired) electrons. The zero-order valence-corrected chi connectivity index (χ0v) is 7.74. The van der Waals surface area contributed by atoms with Crippen LogP contribution in [0.1, 0.15) is 10.4 Å². The van der Waals surface area contributed by atoms with E-state index in [-0.39, 0.29) is 23.7 Å². The first-order chi connectivity index (χ1) is 4.93. The van der Waals surface area contributed by atoms with Gasteiger partial charge in [-0.1, -0.05) is 0 Å². The predicted octanol–water partition coefficient (Wildman–Crippen LogP) is 3.08. The number of alkyl halides is 3. The van der Waals surface area contributed by atoms with E-state index in [1.165, 1.54) is 12.3 Å². The Labute approximate surface area is 77.8 Å². The second kappa shape index (κ2) is 3.53. The molecule has 1 rings (SSSR count). The summed E-state index contributed by atoms with van der Waals surface area (Å²) in [5.74, 6) is 0. The number of anilines is 1. The van der Waals surface area contributed by atoms with Crippen LogP contribution in [0.15, 0.2) is 5.38 Å². The fourth-order valence-corrected chi connectivity index (χ4v) is 1.56. The molecule has 0 aliphatic carbocycles. The highest BCUT2D eigenvalue weighted by atomic mass is 35.5. The van der Waals surface area contributed by atoms with E-state index in [0.29, 0.717) is 11.3 Å². The van der Waals surface area contributed by atoms with Gasteiger partial charge in [-0.3, -0.25) is 0 Å². The van der Waals surface area contributed by atoms with Crippen LogP contribution < -0.4 is 5.73 Å². The Hall–Kier alpha value is -0.420. The molecule has 0 unspecified atom stereocenters. The van der Waals surface area contributed by atoms with Crippen LogP contribution in [0.3, 0.4) is 0 Å². The standard InChI is InChI=1S/C6H6F3NS.ClH/c1-3-4(10)2-11-5(3)6(7,8)9;/h2H,10H2,1H3;1H. The first-order valence-corrected chi connectivity index (χ1v) is 3.71. The van der Waals surface area contributed by atoms with Crippen molar-refractivity contribution in [1.82, 2.24) is 0 Å². The smallest absolute Gasteiger partial charge is 0.398 e. The van der Waals surface area contributed by atoms with Crippen molar-refractivity contribution in [2.24, 2.45) is 0 Å². The van der Waals surface area contributed by atoms with Gasteiger partial charge in [-0.2, -0.15) is 13.2 Å². The van der Waals surface area contributed by atoms with E-state index in [1.807, 2.05) is 0 Å². The van der Waals surface area contributed by atoms with Crippen LogP contribution in [0.5, 0.6) is 0 Å². The van der Waals surface area contributed by atoms with Gasteiger partial charge in [-0.25, -0.2) is 0 Å². The molecule has 6 heteroatoms. The van der Waals surface area contributed by atoms with Crippen molar-refractivity contribution in [3.05, 3.63) is 15.8 Å². The average molecular weight is 218 g/mol. The molecule has 1 aromatic rings. The minimum Gasteiger partial charge on any atom is -0.398 e. The second-order valence-electron chi connectivity index (χ2n) is 2.14. The van der Waals surface area contributed by atoms with E-state index in [2.05, 4.69) is 0 Å². The normalized spacial score (nSPS) is 11.0. The zero-order valence-electron chi connectivity index (χ0n) is 6.11. The van der Waals surface area contributed by atoms with E-state index in [1.54, 1.807) is 0 Å². The van der Waals surface area contributed by atoms with Gasteiger partial charge in [0.15, 0.2) is 0 Å². The van der Waals surface area contributed by atoms with Crippen molar-refractivity contribution in [2.75, 3.05) is 5.73 Å². The quantitative estimate of drug-likeness (QED) is 0.710. The Morgan fingerprint density at radius 2 is 1.92 bits per heavy atom. The zero-order chi connectivity index (χ0) is 8.65. The fraction of sp³-hybridized carbons (Fsp3) is 0.333. The highest BCUT2D eigenvalue weighted by Gasteiger charge is 2.34. The van der Waals surface area contributed by atoms with Gasteiger partial charge < -0.3 is 5.73 Å². The summed E-state index contributed by atoms with van der Waals surface area (Å²) in [5, 5.41) is 1.30. The minimum atomic E-state index is -4.26. The molecule has 0 saturated carbocycles. The topological polar surface area (TPSA) is 26.0 Å². The lowest BCUT2D eigenvalue weighted by Gasteiger charge is -2.03. The first kappa shape index (κ1) is 11.6. The summed E-state index contributed by atoms with van der Waals surface area (Å²) in [6.45, 7) is 1.37. The Morgan fingerprint density at radius 1 is 1.42 bits per heavy atom. The maximum atomic E-state index is 12.0. The highest BCUT2D eigenvalue weighted by Crippen LogP contribution is 2.38. The molecule has 0 aliphatic heterocycles. The molecule has 0 atom stereocenters. The van der Waals surface area contributed by atoms with Gasteiger partial charge in [0, 0.05) is 11.1 Å². The van der Waals surface area contributed by atoms with E-state index < -0.39 is 11.1 Å². The van der Waals surface area contributed by atoms with Crippen LogP contribution in [0.2, 0.25) is 0 Å². The van der Waals surface area contributed by atoms with Crippen molar-refractivity contribution in [3.63, 3.8) is 0 Å². The summed E-state index contributed by atoms with van der Waals surface area (Å²) in [4.78, 5) is -0.602. The molecule has 0 bridgehead atoms. The number of hydrogen-bond acceptors (Lipinski definition) is 2. The molecule has 0 aromatic carbocycles. The molecule has 0 aliphatic rings. The Kier molecular flexibility index (Phi) is 3.41. The molecule has 12 heavy (non-hydrogen) atoms. The number of thiophene rings is 1. The molecule has 1 aromatic heterocycles. The van der Waals surface area contributed by atoms with Gasteiger partial charge in [-0.15, -0.1) is 23.7 Å². The predicted molar refractivity (Wildman–Crippen MR) is 45.7 cm³/mol. The molecular formula is C6H7ClF3NS. The average Bonchev–Trinajstić information content (AvgIpc) is 2.11. The van der Waals surface area contributed by atoms with Crippen LogP contribution in [0, 0.1) is 6.92 Å². The molecule has 1 nitrogen and oxygen atoms in total. The Bertz CT molecular complexity index is 268. The lowest BCUT2D eigenvalue weighted by atomic mass is 10.2. The van der Waals surface area contributed by atoms with Crippen LogP contribution in [-0.2, 0) is 6.18 Å². The summed E-state index contributed by atoms with van der Waals surface area (Å²) in [5.41, 5.74) is 5.59. The Balaban J connectivity index is 0.00000121. The molecule has 0 saturated heterocycles. The third-order valence-corrected chi connectivity index (χ3v) is 2.48. The number of halogens is 4. The van der Waals surface area contributed by atoms with E-state index in [9.17, 15) is 13.2 Å². The van der Waals surface area contributed by atoms with Crippen molar-refractivity contribution in [1.29, 1.82) is 0 Å². The van der Waals surface area contributed by atoms with E-state index in [4.69, 9.17) is 5.73 Å². The lowest BCUT2D eigenvalue weighted by Crippen LogP contribution is -2.04. The molecule has 0 spiro atoms. The summed E-state index contributed by atoms with van der Waals surface area (Å²) < 4.78 is 36.1. The van der Waals surface area contributed by atoms with E-state index in [0.717, 1.165) is 0 Å². The van der Waals surface area contributed by atoms with Crippen LogP contribution in [0.25, 0.3) is 0 Å². The van der Waals surface area contributed by atoms with Gasteiger partial charge in [-0.05, 0) is 12.5 Å². The van der Waals surface area contributed by atoms with Crippen LogP contribution in [0.4, 0.5) is 18.9 Å². The third-order valence-electron chi connectivity index (χ3n) is 1.33. The number of rotatable bonds is 0. The number of hydrogen-bond donors (Lipinski definition) is 1. The summed E-state index contributed by atoms with van der Waals surface area (Å²) in [6.07, 6.45) is -4.26. The minimum absolute atomic E-state index is 0. The molecule has 2 N–H and O–H groups in total. The van der Waals surface area contributed by atoms with Gasteiger partial charge in [0.2, 0.25) is 0 Å². The maximum absolute atomic E-state index is 12.0. The van der Waals surface area contributed by atoms with Gasteiger partial charge in [0.25, 0.3) is 0 Å². The summed E-state index contributed by atoms with van der Waals surface area (Å²) in [6, 6.07) is 0. The highest BCUT2D eigenvalue weighted by molar-refractivity contribution is 7.10. The first-order valence-electron chi connectivity index (χ1n) is 2.83. The van der Waals surface area contributed by atoms with E-state index >= 15 is 0 Å². The van der Waals surface area contributed by atoms with Crippen molar-refractivity contribution < 1.29 is 13.2 Å². The maximum Gasteiger partial charge on any atom is 0.425 e. The van der Waals surface area contributed by atoms with Gasteiger partial charge in [0.1, 0.15) is 4.88 Å². The molecule has 1 heterocycles. The summed E-state index contributed by atoms with van der Waals surface area (Å²) >= 11 is 0.633. The largest absolute Gasteiger partial charge is 0.425 e. The second-order valence-corrected chi connectivity index (χ2v) is 3.02. The van der Waals surface area contributed by atoms with Gasteiger partial charge >= 0.3 is 6.18 Å². The van der Waals surface area contributed by atoms with Crippen LogP contribution >= 0.6 is 23.7 Å². The van der Waals surface area contributed by atoms with Crippen molar-refractivity contribution in [2.45, 2.75) is 13.1 Å². The summed E-state index contributed by atoms with van der Waals surface area (Å²) in [7, 11) is 0. The van der Waals surface area contributed by atoms with Crippen LogP contribution in [-0.4, -0.2) is 0 Å². The van der Waals surface area contributed by atoms with Crippen molar-refractivity contribution in [3.8, 4) is 0 Å². The molecular weight excluding hydrogens is 211 g/mol. The monoisotopic (exact) mass is 217 g/mol. The van der Waals surface area contributed by atoms with Crippen molar-refractivity contribution >= 4 is 29.4 Å². The number of nitrogen functional groups attached to an aromatic ring is 1. The SMILES string of the molecule is Cc1c(N)csc1C(F)(F)F.Cl. The number of nitrogens with two attached hydrogens (primary N) is 1. The molecule has 0 amide bonds. The van der Waals surface area contributed by atoms with Gasteiger partial charge in [0.05, 0.1) is 0 Å². The molecule has 70 valence electrons. The molecule has 0 fully saturated rings. The lowest BCUT2D eigenvalue weighted by molar-refractivity contribution is -0.134. The fourth-order valence-electron chi connectivity index (χ4n) is 0.710.